The lowest BCUT2D eigenvalue weighted by atomic mass is 9.96. The second kappa shape index (κ2) is 12.9. The summed E-state index contributed by atoms with van der Waals surface area (Å²) < 4.78 is 39.0. The summed E-state index contributed by atoms with van der Waals surface area (Å²) in [5, 5.41) is 3.21. The summed E-state index contributed by atoms with van der Waals surface area (Å²) in [6.07, 6.45) is -5.24. The van der Waals surface area contributed by atoms with Gasteiger partial charge in [0.1, 0.15) is 11.9 Å². The minimum absolute atomic E-state index is 0.00667. The molecule has 0 saturated carbocycles. The van der Waals surface area contributed by atoms with E-state index in [9.17, 15) is 24.0 Å². The van der Waals surface area contributed by atoms with E-state index in [4.69, 9.17) is 33.2 Å². The minimum Gasteiger partial charge on any atom is -0.466 e. The smallest absolute Gasteiger partial charge is 0.303 e. The van der Waals surface area contributed by atoms with Crippen molar-refractivity contribution in [1.29, 1.82) is 0 Å². The van der Waals surface area contributed by atoms with Gasteiger partial charge in [0.05, 0.1) is 6.61 Å². The molecule has 0 unspecified atom stereocenters. The van der Waals surface area contributed by atoms with Gasteiger partial charge >= 0.3 is 23.9 Å². The number of piperidine rings is 1. The maximum absolute atomic E-state index is 13.3. The number of allylic oxidation sites excluding steroid dienone is 1. The van der Waals surface area contributed by atoms with Gasteiger partial charge in [-0.05, 0) is 38.4 Å². The highest BCUT2D eigenvalue weighted by molar-refractivity contribution is 6.08. The molecule has 210 valence electrons. The van der Waals surface area contributed by atoms with E-state index in [1.807, 2.05) is 0 Å². The number of rotatable bonds is 8. The quantitative estimate of drug-likeness (QED) is 0.264. The predicted octanol–water partition coefficient (Wildman–Crippen LogP) is 0.945. The van der Waals surface area contributed by atoms with Crippen LogP contribution in [0.3, 0.4) is 0 Å². The molecule has 0 aromatic rings. The zero-order valence-corrected chi connectivity index (χ0v) is 22.0. The van der Waals surface area contributed by atoms with Gasteiger partial charge in [0, 0.05) is 34.1 Å². The van der Waals surface area contributed by atoms with Crippen LogP contribution in [0.1, 0.15) is 53.9 Å². The molecular weight excluding hydrogens is 506 g/mol. The van der Waals surface area contributed by atoms with E-state index < -0.39 is 60.4 Å². The summed E-state index contributed by atoms with van der Waals surface area (Å²) >= 11 is 0. The number of hydrogen-bond donors (Lipinski definition) is 1. The van der Waals surface area contributed by atoms with Crippen molar-refractivity contribution >= 4 is 29.7 Å². The molecule has 0 aromatic heterocycles. The molecule has 2 fully saturated rings. The Balaban J connectivity index is 1.95. The molecule has 1 N–H and O–H groups in total. The summed E-state index contributed by atoms with van der Waals surface area (Å²) in [6.45, 7) is 7.48. The van der Waals surface area contributed by atoms with Crippen LogP contribution >= 0.6 is 0 Å². The highest BCUT2D eigenvalue weighted by atomic mass is 16.7. The number of Topliss-reactive ketones (excluding diaryl/α,β-unsaturated/α-hetero) is 1. The monoisotopic (exact) mass is 539 g/mol. The van der Waals surface area contributed by atoms with Crippen LogP contribution < -0.4 is 5.32 Å². The maximum atomic E-state index is 13.3. The van der Waals surface area contributed by atoms with Gasteiger partial charge in [-0.25, -0.2) is 0 Å². The third-order valence-electron chi connectivity index (χ3n) is 5.95. The Morgan fingerprint density at radius 3 is 2.03 bits per heavy atom. The standard InChI is InChI=1S/C25H33NO12/c1-12-20(19(31)21(33-12)17-6-9-26-10-7-17)38-25-24(36-16(5)30)23(35-15(4)29)22(34-14(3)28)18(37-25)8-11-32-13(2)27/h18,22-26H,6-11H2,1-5H3/t18-,22-,23+,24-,25+/m1/s1. The van der Waals surface area contributed by atoms with Gasteiger partial charge in [-0.15, -0.1) is 0 Å². The minimum atomic E-state index is -1.47. The lowest BCUT2D eigenvalue weighted by Crippen LogP contribution is -2.62. The van der Waals surface area contributed by atoms with Crippen molar-refractivity contribution < 1.29 is 57.1 Å². The van der Waals surface area contributed by atoms with Gasteiger partial charge in [-0.2, -0.15) is 0 Å². The van der Waals surface area contributed by atoms with E-state index in [1.165, 1.54) is 6.92 Å². The van der Waals surface area contributed by atoms with E-state index in [1.54, 1.807) is 6.92 Å². The maximum Gasteiger partial charge on any atom is 0.303 e. The molecule has 0 bridgehead atoms. The Morgan fingerprint density at radius 2 is 1.45 bits per heavy atom. The third-order valence-corrected chi connectivity index (χ3v) is 5.95. The molecule has 0 aromatic carbocycles. The van der Waals surface area contributed by atoms with Crippen LogP contribution in [0.15, 0.2) is 22.9 Å². The van der Waals surface area contributed by atoms with Gasteiger partial charge in [-0.1, -0.05) is 0 Å². The molecule has 3 heterocycles. The number of carbonyl (C=O) groups is 5. The second-order valence-corrected chi connectivity index (χ2v) is 9.01. The SMILES string of the molecule is CC(=O)OCC[C@H]1O[C@@H](OC2=C(C)OC(=C3CCNCC3)C2=O)[C@H](OC(C)=O)[C@@H](OC(C)=O)[C@@H]1OC(C)=O. The van der Waals surface area contributed by atoms with Crippen molar-refractivity contribution in [2.75, 3.05) is 19.7 Å². The fraction of sp³-hybridized carbons (Fsp3) is 0.640. The molecule has 3 aliphatic rings. The fourth-order valence-electron chi connectivity index (χ4n) is 4.45. The number of hydrogen-bond acceptors (Lipinski definition) is 13. The first-order valence-corrected chi connectivity index (χ1v) is 12.3. The Kier molecular flexibility index (Phi) is 9.86. The number of esters is 4. The van der Waals surface area contributed by atoms with Gasteiger partial charge < -0.3 is 38.5 Å². The Morgan fingerprint density at radius 1 is 0.868 bits per heavy atom. The van der Waals surface area contributed by atoms with Crippen molar-refractivity contribution in [2.45, 2.75) is 84.6 Å². The molecule has 2 saturated heterocycles. The average Bonchev–Trinajstić information content (AvgIpc) is 3.11. The lowest BCUT2D eigenvalue weighted by Gasteiger charge is -2.44. The van der Waals surface area contributed by atoms with Crippen LogP contribution in [0.25, 0.3) is 0 Å². The molecule has 0 radical (unpaired) electrons. The Bertz CT molecular complexity index is 1020. The van der Waals surface area contributed by atoms with Crippen LogP contribution in [0.4, 0.5) is 0 Å². The summed E-state index contributed by atoms with van der Waals surface area (Å²) in [6, 6.07) is 0. The molecule has 0 aliphatic carbocycles. The normalized spacial score (nSPS) is 27.4. The second-order valence-electron chi connectivity index (χ2n) is 9.01. The number of nitrogens with one attached hydrogen (secondary N) is 1. The first-order chi connectivity index (χ1) is 18.0. The van der Waals surface area contributed by atoms with Crippen LogP contribution in [0.5, 0.6) is 0 Å². The molecule has 5 atom stereocenters. The molecule has 0 spiro atoms. The lowest BCUT2D eigenvalue weighted by molar-refractivity contribution is -0.296. The molecule has 13 heteroatoms. The van der Waals surface area contributed by atoms with Crippen LogP contribution in [-0.2, 0) is 57.1 Å². The van der Waals surface area contributed by atoms with Crippen molar-refractivity contribution in [3.8, 4) is 0 Å². The van der Waals surface area contributed by atoms with Gasteiger partial charge in [0.25, 0.3) is 5.78 Å². The fourth-order valence-corrected chi connectivity index (χ4v) is 4.45. The molecule has 0 amide bonds. The summed E-state index contributed by atoms with van der Waals surface area (Å²) in [4.78, 5) is 60.5. The van der Waals surface area contributed by atoms with Crippen LogP contribution in [0, 0.1) is 0 Å². The summed E-state index contributed by atoms with van der Waals surface area (Å²) in [5.74, 6) is -3.06. The Labute approximate surface area is 219 Å². The largest absolute Gasteiger partial charge is 0.466 e. The topological polar surface area (TPSA) is 162 Å². The predicted molar refractivity (Wildman–Crippen MR) is 126 cm³/mol. The van der Waals surface area contributed by atoms with Crippen molar-refractivity contribution in [2.24, 2.45) is 0 Å². The van der Waals surface area contributed by atoms with Gasteiger partial charge in [0.2, 0.25) is 18.2 Å². The Hall–Kier alpha value is -3.45. The van der Waals surface area contributed by atoms with E-state index in [2.05, 4.69) is 5.32 Å². The first-order valence-electron chi connectivity index (χ1n) is 12.3. The molecule has 38 heavy (non-hydrogen) atoms. The van der Waals surface area contributed by atoms with E-state index >= 15 is 0 Å². The van der Waals surface area contributed by atoms with Gasteiger partial charge in [0.15, 0.2) is 18.0 Å². The van der Waals surface area contributed by atoms with Crippen molar-refractivity contribution in [1.82, 2.24) is 5.32 Å². The number of carbonyl (C=O) groups excluding carboxylic acids is 5. The summed E-state index contributed by atoms with van der Waals surface area (Å²) in [7, 11) is 0. The van der Waals surface area contributed by atoms with Gasteiger partial charge in [-0.3, -0.25) is 24.0 Å². The zero-order chi connectivity index (χ0) is 28.0. The molecular formula is C25H33NO12. The highest BCUT2D eigenvalue weighted by Gasteiger charge is 2.53. The highest BCUT2D eigenvalue weighted by Crippen LogP contribution is 2.36. The molecule has 3 rings (SSSR count). The van der Waals surface area contributed by atoms with E-state index in [-0.39, 0.29) is 30.3 Å². The summed E-state index contributed by atoms with van der Waals surface area (Å²) in [5.41, 5.74) is 0.847. The third kappa shape index (κ3) is 7.32. The van der Waals surface area contributed by atoms with Crippen molar-refractivity contribution in [3.63, 3.8) is 0 Å². The van der Waals surface area contributed by atoms with E-state index in [0.29, 0.717) is 25.9 Å². The molecule has 3 aliphatic heterocycles. The van der Waals surface area contributed by atoms with Crippen LogP contribution in [0.2, 0.25) is 0 Å². The van der Waals surface area contributed by atoms with Crippen LogP contribution in [-0.4, -0.2) is 80.1 Å². The number of ketones is 1. The zero-order valence-electron chi connectivity index (χ0n) is 22.0. The van der Waals surface area contributed by atoms with E-state index in [0.717, 1.165) is 26.3 Å². The molecule has 13 nitrogen and oxygen atoms in total. The van der Waals surface area contributed by atoms with Crippen molar-refractivity contribution in [3.05, 3.63) is 22.9 Å². The average molecular weight is 540 g/mol. The first kappa shape index (κ1) is 29.1. The number of ether oxygens (including phenoxy) is 7.